The van der Waals surface area contributed by atoms with E-state index < -0.39 is 0 Å². The maximum Gasteiger partial charge on any atom is 0.185 e. The summed E-state index contributed by atoms with van der Waals surface area (Å²) >= 11 is 0. The molecule has 0 fully saturated rings. The minimum atomic E-state index is 0.198. The molecule has 0 aromatic rings. The highest BCUT2D eigenvalue weighted by atomic mass is 15.1. The van der Waals surface area contributed by atoms with Crippen LogP contribution >= 0.6 is 0 Å². The van der Waals surface area contributed by atoms with Gasteiger partial charge in [-0.1, -0.05) is 20.8 Å². The molecule has 4 N–H and O–H groups in total. The third-order valence-electron chi connectivity index (χ3n) is 2.86. The van der Waals surface area contributed by atoms with Gasteiger partial charge in [0.05, 0.1) is 0 Å². The molecular weight excluding hydrogens is 200 g/mol. The summed E-state index contributed by atoms with van der Waals surface area (Å²) in [6.07, 6.45) is 3.46. The van der Waals surface area contributed by atoms with E-state index in [1.54, 1.807) is 0 Å². The van der Waals surface area contributed by atoms with Crippen LogP contribution in [-0.4, -0.2) is 37.0 Å². The van der Waals surface area contributed by atoms with Crippen LogP contribution in [0.4, 0.5) is 0 Å². The van der Waals surface area contributed by atoms with Crippen LogP contribution in [-0.2, 0) is 0 Å². The average Bonchev–Trinajstić information content (AvgIpc) is 2.20. The fraction of sp³-hybridized carbons (Fsp3) is 0.917. The van der Waals surface area contributed by atoms with Gasteiger partial charge in [-0.15, -0.1) is 0 Å². The Kier molecular flexibility index (Phi) is 7.99. The minimum Gasteiger partial charge on any atom is -0.370 e. The van der Waals surface area contributed by atoms with E-state index in [0.29, 0.717) is 6.04 Å². The molecule has 0 aliphatic heterocycles. The number of rotatable bonds is 8. The van der Waals surface area contributed by atoms with Gasteiger partial charge >= 0.3 is 0 Å². The Balaban J connectivity index is 3.96. The van der Waals surface area contributed by atoms with Gasteiger partial charge in [-0.3, -0.25) is 4.99 Å². The van der Waals surface area contributed by atoms with Gasteiger partial charge in [0.25, 0.3) is 0 Å². The number of aliphatic imine (C=N–C) groups is 1. The Morgan fingerprint density at radius 2 is 1.94 bits per heavy atom. The first-order valence-corrected chi connectivity index (χ1v) is 6.23. The molecular formula is C12H28N4. The van der Waals surface area contributed by atoms with E-state index in [2.05, 4.69) is 37.7 Å². The average molecular weight is 228 g/mol. The van der Waals surface area contributed by atoms with Gasteiger partial charge in [0.15, 0.2) is 5.96 Å². The molecule has 16 heavy (non-hydrogen) atoms. The molecule has 0 rings (SSSR count). The van der Waals surface area contributed by atoms with Crippen LogP contribution in [0.2, 0.25) is 0 Å². The number of hydrogen-bond acceptors (Lipinski definition) is 2. The first-order chi connectivity index (χ1) is 7.47. The molecule has 4 heteroatoms. The van der Waals surface area contributed by atoms with E-state index in [1.807, 2.05) is 0 Å². The van der Waals surface area contributed by atoms with E-state index in [0.717, 1.165) is 25.4 Å². The van der Waals surface area contributed by atoms with Crippen LogP contribution in [0.3, 0.4) is 0 Å². The van der Waals surface area contributed by atoms with Gasteiger partial charge < -0.3 is 16.4 Å². The maximum atomic E-state index is 5.29. The third-order valence-corrected chi connectivity index (χ3v) is 2.86. The molecule has 96 valence electrons. The second kappa shape index (κ2) is 8.39. The van der Waals surface area contributed by atoms with Crippen molar-refractivity contribution < 1.29 is 0 Å². The van der Waals surface area contributed by atoms with Crippen LogP contribution in [0.5, 0.6) is 0 Å². The predicted molar refractivity (Wildman–Crippen MR) is 71.5 cm³/mol. The topological polar surface area (TPSA) is 67.6 Å². The van der Waals surface area contributed by atoms with E-state index >= 15 is 0 Å². The van der Waals surface area contributed by atoms with Crippen molar-refractivity contribution in [1.82, 2.24) is 4.90 Å². The zero-order valence-electron chi connectivity index (χ0n) is 11.2. The van der Waals surface area contributed by atoms with Crippen LogP contribution in [0.1, 0.15) is 40.0 Å². The molecule has 0 aliphatic rings. The van der Waals surface area contributed by atoms with E-state index in [-0.39, 0.29) is 5.96 Å². The molecule has 0 saturated carbocycles. The van der Waals surface area contributed by atoms with E-state index in [1.165, 1.54) is 12.8 Å². The van der Waals surface area contributed by atoms with Gasteiger partial charge in [0.2, 0.25) is 0 Å². The van der Waals surface area contributed by atoms with E-state index in [9.17, 15) is 0 Å². The zero-order valence-corrected chi connectivity index (χ0v) is 11.2. The molecule has 4 nitrogen and oxygen atoms in total. The lowest BCUT2D eigenvalue weighted by atomic mass is 9.98. The largest absolute Gasteiger partial charge is 0.370 e. The SMILES string of the molecule is CCN(C)[C@@H](CCCN=C(N)N)CC(C)C. The minimum absolute atomic E-state index is 0.198. The van der Waals surface area contributed by atoms with Crippen LogP contribution in [0.25, 0.3) is 0 Å². The van der Waals surface area contributed by atoms with Crippen LogP contribution < -0.4 is 11.5 Å². The standard InChI is InChI=1S/C12H28N4/c1-5-16(4)11(9-10(2)3)7-6-8-15-12(13)14/h10-11H,5-9H2,1-4H3,(H4,13,14,15)/t11-/m0/s1. The highest BCUT2D eigenvalue weighted by molar-refractivity contribution is 5.75. The summed E-state index contributed by atoms with van der Waals surface area (Å²) in [6, 6.07) is 0.652. The second-order valence-corrected chi connectivity index (χ2v) is 4.81. The molecule has 0 amide bonds. The quantitative estimate of drug-likeness (QED) is 0.375. The lowest BCUT2D eigenvalue weighted by Crippen LogP contribution is -2.33. The van der Waals surface area contributed by atoms with Crippen molar-refractivity contribution in [3.05, 3.63) is 0 Å². The van der Waals surface area contributed by atoms with Crippen LogP contribution in [0, 0.1) is 5.92 Å². The zero-order chi connectivity index (χ0) is 12.6. The van der Waals surface area contributed by atoms with Crippen molar-refractivity contribution in [3.63, 3.8) is 0 Å². The van der Waals surface area contributed by atoms with Gasteiger partial charge in [0.1, 0.15) is 0 Å². The van der Waals surface area contributed by atoms with Crippen molar-refractivity contribution in [3.8, 4) is 0 Å². The molecule has 0 bridgehead atoms. The molecule has 0 unspecified atom stereocenters. The van der Waals surface area contributed by atoms with Gasteiger partial charge in [0, 0.05) is 12.6 Å². The molecule has 0 aromatic heterocycles. The van der Waals surface area contributed by atoms with Crippen molar-refractivity contribution in [1.29, 1.82) is 0 Å². The molecule has 0 aromatic carbocycles. The van der Waals surface area contributed by atoms with Gasteiger partial charge in [-0.25, -0.2) is 0 Å². The highest BCUT2D eigenvalue weighted by Crippen LogP contribution is 2.15. The molecule has 1 atom stereocenters. The second-order valence-electron chi connectivity index (χ2n) is 4.81. The lowest BCUT2D eigenvalue weighted by Gasteiger charge is -2.28. The monoisotopic (exact) mass is 228 g/mol. The van der Waals surface area contributed by atoms with Crippen molar-refractivity contribution in [2.75, 3.05) is 20.1 Å². The van der Waals surface area contributed by atoms with Crippen molar-refractivity contribution >= 4 is 5.96 Å². The maximum absolute atomic E-state index is 5.29. The lowest BCUT2D eigenvalue weighted by molar-refractivity contribution is 0.209. The molecule has 0 heterocycles. The third kappa shape index (κ3) is 7.51. The van der Waals surface area contributed by atoms with E-state index in [4.69, 9.17) is 11.5 Å². The summed E-state index contributed by atoms with van der Waals surface area (Å²) in [4.78, 5) is 6.43. The van der Waals surface area contributed by atoms with Gasteiger partial charge in [-0.2, -0.15) is 0 Å². The molecule has 0 spiro atoms. The Bertz CT molecular complexity index is 197. The predicted octanol–water partition coefficient (Wildman–Crippen LogP) is 1.41. The number of guanidine groups is 1. The summed E-state index contributed by atoms with van der Waals surface area (Å²) in [6.45, 7) is 8.58. The number of nitrogens with zero attached hydrogens (tertiary/aromatic N) is 2. The highest BCUT2D eigenvalue weighted by Gasteiger charge is 2.14. The Morgan fingerprint density at radius 1 is 1.31 bits per heavy atom. The van der Waals surface area contributed by atoms with Crippen molar-refractivity contribution in [2.24, 2.45) is 22.4 Å². The molecule has 0 saturated heterocycles. The first-order valence-electron chi connectivity index (χ1n) is 6.23. The summed E-state index contributed by atoms with van der Waals surface area (Å²) in [5.74, 6) is 0.936. The fourth-order valence-corrected chi connectivity index (χ4v) is 1.86. The van der Waals surface area contributed by atoms with Crippen LogP contribution in [0.15, 0.2) is 4.99 Å². The summed E-state index contributed by atoms with van der Waals surface area (Å²) in [7, 11) is 2.19. The van der Waals surface area contributed by atoms with Crippen molar-refractivity contribution in [2.45, 2.75) is 46.1 Å². The smallest absolute Gasteiger partial charge is 0.185 e. The van der Waals surface area contributed by atoms with Gasteiger partial charge in [-0.05, 0) is 38.8 Å². The summed E-state index contributed by atoms with van der Waals surface area (Å²) in [5.41, 5.74) is 10.6. The summed E-state index contributed by atoms with van der Waals surface area (Å²) < 4.78 is 0. The summed E-state index contributed by atoms with van der Waals surface area (Å²) in [5, 5.41) is 0. The normalized spacial score (nSPS) is 13.1. The Hall–Kier alpha value is -0.770. The Morgan fingerprint density at radius 3 is 2.38 bits per heavy atom. The Labute approximate surface area is 100 Å². The number of hydrogen-bond donors (Lipinski definition) is 2. The number of nitrogens with two attached hydrogens (primary N) is 2. The molecule has 0 radical (unpaired) electrons. The first kappa shape index (κ1) is 15.2. The molecule has 0 aliphatic carbocycles. The fourth-order valence-electron chi connectivity index (χ4n) is 1.86.